The molecule has 1 saturated heterocycles. The molecule has 0 aromatic heterocycles. The standard InChI is InChI=1S/C25H32N4O4S/c1-3-34(30,31)29-20(6-4-17-14-18(25(26)27)5-9-24(17)32-2)15-19-16-22(7-8-23(19)29)33-21-10-12-28-13-11-21/h4-9,14,16,20-21,28H,3,10-13,15H2,1-2H3,(H3,26,27)/b6-4+. The predicted octanol–water partition coefficient (Wildman–Crippen LogP) is 2.90. The third-order valence-corrected chi connectivity index (χ3v) is 8.11. The molecule has 2 aliphatic rings. The molecule has 0 spiro atoms. The smallest absolute Gasteiger partial charge is 0.235 e. The van der Waals surface area contributed by atoms with E-state index in [0.29, 0.717) is 23.4 Å². The summed E-state index contributed by atoms with van der Waals surface area (Å²) in [6.45, 7) is 3.54. The number of hydrogen-bond donors (Lipinski definition) is 3. The molecule has 0 bridgehead atoms. The molecular formula is C25H32N4O4S. The Morgan fingerprint density at radius 2 is 2.00 bits per heavy atom. The number of nitrogens with one attached hydrogen (secondary N) is 2. The van der Waals surface area contributed by atoms with Crippen LogP contribution in [0.4, 0.5) is 5.69 Å². The molecule has 2 heterocycles. The van der Waals surface area contributed by atoms with Crippen LogP contribution in [0.1, 0.15) is 36.5 Å². The van der Waals surface area contributed by atoms with E-state index in [1.807, 2.05) is 30.4 Å². The van der Waals surface area contributed by atoms with Crippen LogP contribution in [0, 0.1) is 5.41 Å². The normalized spacial score (nSPS) is 18.8. The summed E-state index contributed by atoms with van der Waals surface area (Å²) >= 11 is 0. The Kier molecular flexibility index (Phi) is 7.13. The molecule has 0 aliphatic carbocycles. The number of anilines is 1. The predicted molar refractivity (Wildman–Crippen MR) is 135 cm³/mol. The summed E-state index contributed by atoms with van der Waals surface area (Å²) in [5.74, 6) is 1.37. The molecule has 182 valence electrons. The summed E-state index contributed by atoms with van der Waals surface area (Å²) in [6.07, 6.45) is 6.35. The van der Waals surface area contributed by atoms with E-state index in [-0.39, 0.29) is 23.7 Å². The Bertz CT molecular complexity index is 1190. The van der Waals surface area contributed by atoms with E-state index >= 15 is 0 Å². The molecule has 0 amide bonds. The van der Waals surface area contributed by atoms with Gasteiger partial charge in [-0.05, 0) is 81.2 Å². The minimum Gasteiger partial charge on any atom is -0.496 e. The van der Waals surface area contributed by atoms with Crippen LogP contribution in [0.15, 0.2) is 42.5 Å². The lowest BCUT2D eigenvalue weighted by Crippen LogP contribution is -2.37. The van der Waals surface area contributed by atoms with Crippen molar-refractivity contribution in [1.29, 1.82) is 5.41 Å². The van der Waals surface area contributed by atoms with Crippen molar-refractivity contribution in [2.24, 2.45) is 5.73 Å². The largest absolute Gasteiger partial charge is 0.496 e. The number of piperidine rings is 1. The van der Waals surface area contributed by atoms with Gasteiger partial charge in [-0.1, -0.05) is 12.2 Å². The number of sulfonamides is 1. The Morgan fingerprint density at radius 1 is 1.24 bits per heavy atom. The highest BCUT2D eigenvalue weighted by Gasteiger charge is 2.35. The van der Waals surface area contributed by atoms with Crippen LogP contribution >= 0.6 is 0 Å². The van der Waals surface area contributed by atoms with Crippen molar-refractivity contribution in [3.8, 4) is 11.5 Å². The first-order valence-electron chi connectivity index (χ1n) is 11.6. The number of methoxy groups -OCH3 is 1. The Morgan fingerprint density at radius 3 is 2.68 bits per heavy atom. The lowest BCUT2D eigenvalue weighted by molar-refractivity contribution is 0.162. The number of nitrogen functional groups attached to an aromatic ring is 1. The fraction of sp³-hybridized carbons (Fsp3) is 0.400. The number of ether oxygens (including phenoxy) is 2. The second kappa shape index (κ2) is 10.1. The summed E-state index contributed by atoms with van der Waals surface area (Å²) < 4.78 is 39.2. The molecule has 4 rings (SSSR count). The number of rotatable bonds is 8. The van der Waals surface area contributed by atoms with Crippen LogP contribution in [0.2, 0.25) is 0 Å². The van der Waals surface area contributed by atoms with Gasteiger partial charge in [-0.15, -0.1) is 0 Å². The highest BCUT2D eigenvalue weighted by atomic mass is 32.2. The number of benzene rings is 2. The molecule has 1 atom stereocenters. The van der Waals surface area contributed by atoms with Gasteiger partial charge in [0.2, 0.25) is 10.0 Å². The zero-order valence-corrected chi connectivity index (χ0v) is 20.4. The molecule has 0 saturated carbocycles. The first-order chi connectivity index (χ1) is 16.3. The van der Waals surface area contributed by atoms with Crippen molar-refractivity contribution in [1.82, 2.24) is 5.32 Å². The summed E-state index contributed by atoms with van der Waals surface area (Å²) in [5.41, 5.74) is 8.59. The second-order valence-electron chi connectivity index (χ2n) is 8.56. The third kappa shape index (κ3) is 5.05. The van der Waals surface area contributed by atoms with E-state index in [1.54, 1.807) is 32.2 Å². The minimum absolute atomic E-state index is 0.00719. The number of amidine groups is 1. The van der Waals surface area contributed by atoms with E-state index in [9.17, 15) is 8.42 Å². The number of hydrogen-bond acceptors (Lipinski definition) is 6. The van der Waals surface area contributed by atoms with Crippen LogP contribution in [0.5, 0.6) is 11.5 Å². The van der Waals surface area contributed by atoms with Crippen LogP contribution in [0.25, 0.3) is 6.08 Å². The topological polar surface area (TPSA) is 118 Å². The lowest BCUT2D eigenvalue weighted by atomic mass is 10.1. The lowest BCUT2D eigenvalue weighted by Gasteiger charge is -2.25. The molecule has 0 radical (unpaired) electrons. The van der Waals surface area contributed by atoms with Crippen molar-refractivity contribution in [2.75, 3.05) is 30.3 Å². The zero-order chi connectivity index (χ0) is 24.3. The van der Waals surface area contributed by atoms with E-state index in [0.717, 1.165) is 42.8 Å². The Hall–Kier alpha value is -3.04. The van der Waals surface area contributed by atoms with Gasteiger partial charge in [0.25, 0.3) is 0 Å². The van der Waals surface area contributed by atoms with Gasteiger partial charge in [0.05, 0.1) is 24.6 Å². The Balaban J connectivity index is 1.64. The molecule has 2 aromatic carbocycles. The van der Waals surface area contributed by atoms with Crippen molar-refractivity contribution in [3.05, 3.63) is 59.2 Å². The van der Waals surface area contributed by atoms with E-state index in [2.05, 4.69) is 5.32 Å². The molecule has 9 heteroatoms. The van der Waals surface area contributed by atoms with Crippen LogP contribution in [-0.4, -0.2) is 52.4 Å². The molecule has 2 aromatic rings. The van der Waals surface area contributed by atoms with Gasteiger partial charge in [-0.3, -0.25) is 9.71 Å². The van der Waals surface area contributed by atoms with E-state index < -0.39 is 10.0 Å². The molecule has 2 aliphatic heterocycles. The summed E-state index contributed by atoms with van der Waals surface area (Å²) in [6, 6.07) is 10.6. The first-order valence-corrected chi connectivity index (χ1v) is 13.2. The molecular weight excluding hydrogens is 452 g/mol. The average Bonchev–Trinajstić information content (AvgIpc) is 3.21. The maximum absolute atomic E-state index is 13.0. The van der Waals surface area contributed by atoms with Gasteiger partial charge in [-0.25, -0.2) is 8.42 Å². The third-order valence-electron chi connectivity index (χ3n) is 6.31. The molecule has 4 N–H and O–H groups in total. The van der Waals surface area contributed by atoms with Crippen LogP contribution in [0.3, 0.4) is 0 Å². The van der Waals surface area contributed by atoms with E-state index in [4.69, 9.17) is 20.6 Å². The second-order valence-corrected chi connectivity index (χ2v) is 10.7. The van der Waals surface area contributed by atoms with Gasteiger partial charge in [0.1, 0.15) is 23.4 Å². The maximum Gasteiger partial charge on any atom is 0.235 e. The number of fused-ring (bicyclic) bond motifs is 1. The average molecular weight is 485 g/mol. The highest BCUT2D eigenvalue weighted by molar-refractivity contribution is 7.92. The molecule has 8 nitrogen and oxygen atoms in total. The van der Waals surface area contributed by atoms with Gasteiger partial charge in [0.15, 0.2) is 0 Å². The van der Waals surface area contributed by atoms with Gasteiger partial charge in [-0.2, -0.15) is 0 Å². The first kappa shape index (κ1) is 24.1. The maximum atomic E-state index is 13.0. The minimum atomic E-state index is -3.49. The van der Waals surface area contributed by atoms with Gasteiger partial charge < -0.3 is 20.5 Å². The van der Waals surface area contributed by atoms with Crippen molar-refractivity contribution in [3.63, 3.8) is 0 Å². The van der Waals surface area contributed by atoms with Gasteiger partial charge in [0, 0.05) is 11.1 Å². The van der Waals surface area contributed by atoms with E-state index in [1.165, 1.54) is 4.31 Å². The zero-order valence-electron chi connectivity index (χ0n) is 19.6. The summed E-state index contributed by atoms with van der Waals surface area (Å²) in [5, 5.41) is 11.0. The number of nitrogens with zero attached hydrogens (tertiary/aromatic N) is 1. The van der Waals surface area contributed by atoms with Gasteiger partial charge >= 0.3 is 0 Å². The van der Waals surface area contributed by atoms with Crippen molar-refractivity contribution < 1.29 is 17.9 Å². The Labute approximate surface area is 201 Å². The highest BCUT2D eigenvalue weighted by Crippen LogP contribution is 2.38. The molecule has 34 heavy (non-hydrogen) atoms. The fourth-order valence-electron chi connectivity index (χ4n) is 4.49. The molecule has 1 fully saturated rings. The summed E-state index contributed by atoms with van der Waals surface area (Å²) in [4.78, 5) is 0. The monoisotopic (exact) mass is 484 g/mol. The fourth-order valence-corrected chi connectivity index (χ4v) is 5.81. The summed E-state index contributed by atoms with van der Waals surface area (Å²) in [7, 11) is -1.92. The van der Waals surface area contributed by atoms with Crippen molar-refractivity contribution >= 4 is 27.6 Å². The van der Waals surface area contributed by atoms with Crippen LogP contribution in [-0.2, 0) is 16.4 Å². The quantitative estimate of drug-likeness (QED) is 0.392. The van der Waals surface area contributed by atoms with Crippen LogP contribution < -0.4 is 24.8 Å². The SMILES string of the molecule is CCS(=O)(=O)N1c2ccc(OC3CCNCC3)cc2CC1/C=C/c1cc(C(=N)N)ccc1OC. The van der Waals surface area contributed by atoms with Crippen molar-refractivity contribution in [2.45, 2.75) is 38.3 Å². The number of nitrogens with two attached hydrogens (primary N) is 1. The molecule has 1 unspecified atom stereocenters.